The first-order valence-electron chi connectivity index (χ1n) is 10.6. The Bertz CT molecular complexity index is 677. The minimum absolute atomic E-state index is 0.0441. The highest BCUT2D eigenvalue weighted by molar-refractivity contribution is 5.81. The number of hydrogen-bond donors (Lipinski definition) is 0. The van der Waals surface area contributed by atoms with E-state index >= 15 is 0 Å². The lowest BCUT2D eigenvalue weighted by atomic mass is 10.1. The average Bonchev–Trinajstić information content (AvgIpc) is 3.55. The van der Waals surface area contributed by atoms with E-state index < -0.39 is 0 Å². The van der Waals surface area contributed by atoms with Crippen molar-refractivity contribution in [2.75, 3.05) is 45.9 Å². The summed E-state index contributed by atoms with van der Waals surface area (Å²) in [7, 11) is 0. The summed E-state index contributed by atoms with van der Waals surface area (Å²) in [6, 6.07) is 10.4. The normalized spacial score (nSPS) is 24.1. The van der Waals surface area contributed by atoms with Gasteiger partial charge in [0.15, 0.2) is 0 Å². The number of hydrogen-bond acceptors (Lipinski definition) is 4. The molecular weight excluding hydrogens is 354 g/mol. The largest absolute Gasteiger partial charge is 0.375 e. The van der Waals surface area contributed by atoms with Gasteiger partial charge in [0, 0.05) is 51.7 Å². The van der Waals surface area contributed by atoms with Gasteiger partial charge in [-0.25, -0.2) is 0 Å². The second-order valence-electron chi connectivity index (χ2n) is 8.25. The SMILES string of the molecule is O=C(CC1CN(Cc2ccccc2)CCO1)N1CCCN(C(=O)C2CC2)CC1. The van der Waals surface area contributed by atoms with Crippen LogP contribution in [0.4, 0.5) is 0 Å². The molecule has 1 saturated carbocycles. The molecule has 0 bridgehead atoms. The Hall–Kier alpha value is -1.92. The van der Waals surface area contributed by atoms with Crippen molar-refractivity contribution < 1.29 is 14.3 Å². The molecule has 1 aliphatic carbocycles. The first kappa shape index (κ1) is 19.4. The molecule has 3 fully saturated rings. The molecule has 6 heteroatoms. The fraction of sp³-hybridized carbons (Fsp3) is 0.636. The molecule has 1 aromatic rings. The average molecular weight is 386 g/mol. The van der Waals surface area contributed by atoms with Gasteiger partial charge in [-0.05, 0) is 24.8 Å². The molecule has 0 N–H and O–H groups in total. The zero-order valence-corrected chi connectivity index (χ0v) is 16.6. The lowest BCUT2D eigenvalue weighted by Gasteiger charge is -2.33. The van der Waals surface area contributed by atoms with Crippen molar-refractivity contribution in [1.29, 1.82) is 0 Å². The number of carbonyl (C=O) groups excluding carboxylic acids is 2. The zero-order valence-electron chi connectivity index (χ0n) is 16.6. The highest BCUT2D eigenvalue weighted by Gasteiger charge is 2.34. The quantitative estimate of drug-likeness (QED) is 0.775. The van der Waals surface area contributed by atoms with Crippen LogP contribution in [0, 0.1) is 5.92 Å². The zero-order chi connectivity index (χ0) is 19.3. The van der Waals surface area contributed by atoms with Crippen LogP contribution in [-0.2, 0) is 20.9 Å². The summed E-state index contributed by atoms with van der Waals surface area (Å²) in [5.41, 5.74) is 1.29. The van der Waals surface area contributed by atoms with Gasteiger partial charge in [0.05, 0.1) is 19.1 Å². The second kappa shape index (κ2) is 9.05. The van der Waals surface area contributed by atoms with Gasteiger partial charge in [-0.1, -0.05) is 30.3 Å². The van der Waals surface area contributed by atoms with E-state index in [-0.39, 0.29) is 17.9 Å². The third-order valence-electron chi connectivity index (χ3n) is 5.96. The standard InChI is InChI=1S/C22H31N3O3/c26-21(24-9-4-10-25(12-11-24)22(27)19-7-8-19)15-20-17-23(13-14-28-20)16-18-5-2-1-3-6-18/h1-3,5-6,19-20H,4,7-17H2. The van der Waals surface area contributed by atoms with E-state index in [0.29, 0.717) is 32.0 Å². The van der Waals surface area contributed by atoms with Crippen molar-refractivity contribution in [2.45, 2.75) is 38.3 Å². The van der Waals surface area contributed by atoms with E-state index in [4.69, 9.17) is 4.74 Å². The third kappa shape index (κ3) is 5.11. The van der Waals surface area contributed by atoms with Gasteiger partial charge >= 0.3 is 0 Å². The summed E-state index contributed by atoms with van der Waals surface area (Å²) in [5.74, 6) is 0.710. The van der Waals surface area contributed by atoms with Crippen LogP contribution in [-0.4, -0.2) is 78.5 Å². The number of amides is 2. The van der Waals surface area contributed by atoms with Crippen LogP contribution in [0.1, 0.15) is 31.2 Å². The van der Waals surface area contributed by atoms with E-state index in [1.165, 1.54) is 5.56 Å². The fourth-order valence-corrected chi connectivity index (χ4v) is 4.19. The summed E-state index contributed by atoms with van der Waals surface area (Å²) in [6.45, 7) is 6.12. The Morgan fingerprint density at radius 2 is 1.71 bits per heavy atom. The summed E-state index contributed by atoms with van der Waals surface area (Å²) in [4.78, 5) is 31.4. The van der Waals surface area contributed by atoms with E-state index in [1.54, 1.807) is 0 Å². The Kier molecular flexibility index (Phi) is 6.27. The van der Waals surface area contributed by atoms with Gasteiger partial charge in [-0.2, -0.15) is 0 Å². The Morgan fingerprint density at radius 3 is 2.50 bits per heavy atom. The van der Waals surface area contributed by atoms with Gasteiger partial charge in [0.1, 0.15) is 0 Å². The van der Waals surface area contributed by atoms with Crippen LogP contribution in [0.15, 0.2) is 30.3 Å². The molecule has 6 nitrogen and oxygen atoms in total. The summed E-state index contributed by atoms with van der Waals surface area (Å²) < 4.78 is 5.88. The molecule has 2 heterocycles. The van der Waals surface area contributed by atoms with Crippen LogP contribution in [0.3, 0.4) is 0 Å². The van der Waals surface area contributed by atoms with E-state index in [1.807, 2.05) is 15.9 Å². The van der Waals surface area contributed by atoms with Gasteiger partial charge < -0.3 is 14.5 Å². The van der Waals surface area contributed by atoms with Crippen molar-refractivity contribution in [3.8, 4) is 0 Å². The molecule has 2 amide bonds. The lowest BCUT2D eigenvalue weighted by Crippen LogP contribution is -2.45. The molecule has 1 unspecified atom stereocenters. The molecule has 1 aromatic carbocycles. The second-order valence-corrected chi connectivity index (χ2v) is 8.25. The van der Waals surface area contributed by atoms with Crippen LogP contribution >= 0.6 is 0 Å². The van der Waals surface area contributed by atoms with E-state index in [2.05, 4.69) is 29.2 Å². The number of rotatable bonds is 5. The van der Waals surface area contributed by atoms with Crippen LogP contribution in [0.2, 0.25) is 0 Å². The Morgan fingerprint density at radius 1 is 0.964 bits per heavy atom. The third-order valence-corrected chi connectivity index (χ3v) is 5.96. The first-order chi connectivity index (χ1) is 13.7. The molecule has 2 aliphatic heterocycles. The number of benzene rings is 1. The molecule has 28 heavy (non-hydrogen) atoms. The van der Waals surface area contributed by atoms with Crippen LogP contribution in [0.5, 0.6) is 0 Å². The molecule has 152 valence electrons. The first-order valence-corrected chi connectivity index (χ1v) is 10.6. The van der Waals surface area contributed by atoms with Gasteiger partial charge in [0.2, 0.25) is 11.8 Å². The smallest absolute Gasteiger partial charge is 0.225 e. The molecular formula is C22H31N3O3. The number of nitrogens with zero attached hydrogens (tertiary/aromatic N) is 3. The molecule has 0 radical (unpaired) electrons. The van der Waals surface area contributed by atoms with E-state index in [9.17, 15) is 9.59 Å². The van der Waals surface area contributed by atoms with Gasteiger partial charge in [0.25, 0.3) is 0 Å². The maximum absolute atomic E-state index is 12.8. The van der Waals surface area contributed by atoms with Crippen molar-refractivity contribution >= 4 is 11.8 Å². The van der Waals surface area contributed by atoms with Crippen molar-refractivity contribution in [2.24, 2.45) is 5.92 Å². The summed E-state index contributed by atoms with van der Waals surface area (Å²) >= 11 is 0. The highest BCUT2D eigenvalue weighted by Crippen LogP contribution is 2.31. The summed E-state index contributed by atoms with van der Waals surface area (Å²) in [5, 5.41) is 0. The fourth-order valence-electron chi connectivity index (χ4n) is 4.19. The topological polar surface area (TPSA) is 53.1 Å². The molecule has 4 rings (SSSR count). The Labute approximate surface area is 167 Å². The van der Waals surface area contributed by atoms with Crippen LogP contribution < -0.4 is 0 Å². The van der Waals surface area contributed by atoms with Crippen LogP contribution in [0.25, 0.3) is 0 Å². The number of carbonyl (C=O) groups is 2. The molecule has 2 saturated heterocycles. The maximum Gasteiger partial charge on any atom is 0.225 e. The minimum atomic E-state index is -0.0441. The van der Waals surface area contributed by atoms with Gasteiger partial charge in [-0.15, -0.1) is 0 Å². The summed E-state index contributed by atoms with van der Waals surface area (Å²) in [6.07, 6.45) is 3.34. The van der Waals surface area contributed by atoms with Crippen molar-refractivity contribution in [1.82, 2.24) is 14.7 Å². The minimum Gasteiger partial charge on any atom is -0.375 e. The number of morpholine rings is 1. The Balaban J connectivity index is 1.25. The monoisotopic (exact) mass is 385 g/mol. The van der Waals surface area contributed by atoms with E-state index in [0.717, 1.165) is 52.0 Å². The number of ether oxygens (including phenoxy) is 1. The van der Waals surface area contributed by atoms with Gasteiger partial charge in [-0.3, -0.25) is 14.5 Å². The predicted octanol–water partition coefficient (Wildman–Crippen LogP) is 1.75. The molecule has 0 aromatic heterocycles. The molecule has 3 aliphatic rings. The highest BCUT2D eigenvalue weighted by atomic mass is 16.5. The molecule has 1 atom stereocenters. The lowest BCUT2D eigenvalue weighted by molar-refractivity contribution is -0.137. The van der Waals surface area contributed by atoms with Crippen molar-refractivity contribution in [3.63, 3.8) is 0 Å². The maximum atomic E-state index is 12.8. The van der Waals surface area contributed by atoms with Crippen molar-refractivity contribution in [3.05, 3.63) is 35.9 Å². The predicted molar refractivity (Wildman–Crippen MR) is 107 cm³/mol. The molecule has 0 spiro atoms.